The van der Waals surface area contributed by atoms with Crippen LogP contribution in [0.15, 0.2) is 5.38 Å². The first-order valence-corrected chi connectivity index (χ1v) is 6.49. The van der Waals surface area contributed by atoms with E-state index in [1.54, 1.807) is 0 Å². The number of anilines is 1. The van der Waals surface area contributed by atoms with E-state index in [2.05, 4.69) is 15.6 Å². The van der Waals surface area contributed by atoms with E-state index in [1.165, 1.54) is 11.3 Å². The first kappa shape index (κ1) is 15.4. The summed E-state index contributed by atoms with van der Waals surface area (Å²) >= 11 is 1.25. The van der Waals surface area contributed by atoms with Crippen molar-refractivity contribution in [1.82, 2.24) is 10.3 Å². The zero-order valence-electron chi connectivity index (χ0n) is 10.9. The largest absolute Gasteiger partial charge is 0.480 e. The molecule has 0 aromatic carbocycles. The highest BCUT2D eigenvalue weighted by atomic mass is 32.1. The number of aromatic nitrogens is 1. The minimum absolute atomic E-state index is 0.123. The molecule has 1 atom stereocenters. The second-order valence-electron chi connectivity index (χ2n) is 4.96. The van der Waals surface area contributed by atoms with E-state index in [0.717, 1.165) is 5.69 Å². The third-order valence-electron chi connectivity index (χ3n) is 2.28. The molecule has 0 aliphatic rings. The van der Waals surface area contributed by atoms with Crippen molar-refractivity contribution in [3.63, 3.8) is 0 Å². The van der Waals surface area contributed by atoms with Crippen LogP contribution in [0.25, 0.3) is 0 Å². The van der Waals surface area contributed by atoms with Crippen molar-refractivity contribution >= 4 is 28.5 Å². The zero-order valence-corrected chi connectivity index (χ0v) is 11.7. The number of carbonyl (C=O) groups excluding carboxylic acids is 1. The van der Waals surface area contributed by atoms with Crippen LogP contribution in [-0.2, 0) is 10.2 Å². The summed E-state index contributed by atoms with van der Waals surface area (Å²) < 4.78 is 0. The van der Waals surface area contributed by atoms with Crippen molar-refractivity contribution in [2.24, 2.45) is 0 Å². The Morgan fingerprint density at radius 2 is 2.11 bits per heavy atom. The molecule has 0 unspecified atom stereocenters. The van der Waals surface area contributed by atoms with Crippen molar-refractivity contribution in [3.8, 4) is 0 Å². The van der Waals surface area contributed by atoms with Crippen molar-refractivity contribution in [3.05, 3.63) is 11.1 Å². The first-order chi connectivity index (χ1) is 8.74. The molecule has 0 aliphatic heterocycles. The number of aliphatic hydroxyl groups excluding tert-OH is 1. The lowest BCUT2D eigenvalue weighted by Crippen LogP contribution is -2.45. The summed E-state index contributed by atoms with van der Waals surface area (Å²) in [6.45, 7) is 5.32. The highest BCUT2D eigenvalue weighted by molar-refractivity contribution is 7.13. The van der Waals surface area contributed by atoms with Crippen LogP contribution in [0.3, 0.4) is 0 Å². The Hall–Kier alpha value is -1.67. The number of amides is 2. The number of nitrogens with one attached hydrogen (secondary N) is 2. The van der Waals surface area contributed by atoms with E-state index in [0.29, 0.717) is 5.13 Å². The predicted molar refractivity (Wildman–Crippen MR) is 71.5 cm³/mol. The van der Waals surface area contributed by atoms with Gasteiger partial charge in [0.25, 0.3) is 0 Å². The van der Waals surface area contributed by atoms with E-state index >= 15 is 0 Å². The summed E-state index contributed by atoms with van der Waals surface area (Å²) in [4.78, 5) is 26.4. The number of carbonyl (C=O) groups is 2. The number of nitrogens with zero attached hydrogens (tertiary/aromatic N) is 1. The molecule has 0 saturated carbocycles. The predicted octanol–water partition coefficient (Wildman–Crippen LogP) is 1.01. The number of carboxylic acids is 1. The summed E-state index contributed by atoms with van der Waals surface area (Å²) in [6.07, 6.45) is 0. The maximum absolute atomic E-state index is 11.5. The minimum atomic E-state index is -1.33. The Morgan fingerprint density at radius 1 is 1.47 bits per heavy atom. The SMILES string of the molecule is CC(C)(C)c1csc(NC(=O)N[C@H](CO)C(=O)O)n1. The Bertz CT molecular complexity index is 467. The Kier molecular flexibility index (Phi) is 4.84. The molecular weight excluding hydrogens is 270 g/mol. The molecule has 0 spiro atoms. The molecule has 4 N–H and O–H groups in total. The van der Waals surface area contributed by atoms with Crippen LogP contribution in [0.1, 0.15) is 26.5 Å². The van der Waals surface area contributed by atoms with Gasteiger partial charge in [0.05, 0.1) is 12.3 Å². The lowest BCUT2D eigenvalue weighted by molar-refractivity contribution is -0.140. The van der Waals surface area contributed by atoms with Gasteiger partial charge in [-0.05, 0) is 0 Å². The van der Waals surface area contributed by atoms with Gasteiger partial charge in [-0.1, -0.05) is 20.8 Å². The van der Waals surface area contributed by atoms with Crippen molar-refractivity contribution < 1.29 is 19.8 Å². The van der Waals surface area contributed by atoms with Gasteiger partial charge in [-0.15, -0.1) is 11.3 Å². The molecular formula is C11H17N3O4S. The number of rotatable bonds is 4. The molecule has 19 heavy (non-hydrogen) atoms. The van der Waals surface area contributed by atoms with Crippen LogP contribution >= 0.6 is 11.3 Å². The number of carboxylic acid groups (broad SMARTS) is 1. The second-order valence-corrected chi connectivity index (χ2v) is 5.82. The molecule has 1 aromatic rings. The second kappa shape index (κ2) is 5.98. The third kappa shape index (κ3) is 4.49. The van der Waals surface area contributed by atoms with Crippen LogP contribution in [0.2, 0.25) is 0 Å². The van der Waals surface area contributed by atoms with Gasteiger partial charge in [0.2, 0.25) is 0 Å². The molecule has 8 heteroatoms. The van der Waals surface area contributed by atoms with Crippen LogP contribution in [-0.4, -0.2) is 39.8 Å². The summed E-state index contributed by atoms with van der Waals surface area (Å²) in [5.74, 6) is -1.30. The minimum Gasteiger partial charge on any atom is -0.480 e. The lowest BCUT2D eigenvalue weighted by atomic mass is 9.93. The summed E-state index contributed by atoms with van der Waals surface area (Å²) in [5, 5.41) is 24.2. The summed E-state index contributed by atoms with van der Waals surface area (Å²) in [6, 6.07) is -2.04. The van der Waals surface area contributed by atoms with Gasteiger partial charge in [0.1, 0.15) is 0 Å². The van der Waals surface area contributed by atoms with Crippen molar-refractivity contribution in [2.75, 3.05) is 11.9 Å². The van der Waals surface area contributed by atoms with E-state index in [4.69, 9.17) is 10.2 Å². The van der Waals surface area contributed by atoms with E-state index in [1.807, 2.05) is 26.2 Å². The van der Waals surface area contributed by atoms with Crippen LogP contribution in [0.5, 0.6) is 0 Å². The molecule has 1 aromatic heterocycles. The first-order valence-electron chi connectivity index (χ1n) is 5.61. The Balaban J connectivity index is 2.62. The molecule has 0 fully saturated rings. The quantitative estimate of drug-likeness (QED) is 0.660. The topological polar surface area (TPSA) is 112 Å². The molecule has 0 saturated heterocycles. The van der Waals surface area contributed by atoms with Gasteiger partial charge in [-0.2, -0.15) is 0 Å². The van der Waals surface area contributed by atoms with E-state index < -0.39 is 24.6 Å². The van der Waals surface area contributed by atoms with Crippen molar-refractivity contribution in [2.45, 2.75) is 32.2 Å². The number of aliphatic hydroxyl groups is 1. The lowest BCUT2D eigenvalue weighted by Gasteiger charge is -2.14. The number of urea groups is 1. The van der Waals surface area contributed by atoms with Gasteiger partial charge in [-0.25, -0.2) is 14.6 Å². The number of thiazole rings is 1. The molecule has 1 heterocycles. The molecule has 0 bridgehead atoms. The fourth-order valence-electron chi connectivity index (χ4n) is 1.15. The average Bonchev–Trinajstić information content (AvgIpc) is 2.73. The van der Waals surface area contributed by atoms with E-state index in [9.17, 15) is 9.59 Å². The Labute approximate surface area is 114 Å². The zero-order chi connectivity index (χ0) is 14.6. The maximum atomic E-state index is 11.5. The standard InChI is InChI=1S/C11H17N3O4S/c1-11(2,3)7-5-19-10(13-7)14-9(18)12-6(4-15)8(16)17/h5-6,15H,4H2,1-3H3,(H,16,17)(H2,12,13,14,18)/t6-/m1/s1. The number of hydrogen-bond donors (Lipinski definition) is 4. The molecule has 1 rings (SSSR count). The molecule has 7 nitrogen and oxygen atoms in total. The molecule has 2 amide bonds. The fourth-order valence-corrected chi connectivity index (χ4v) is 2.08. The highest BCUT2D eigenvalue weighted by Gasteiger charge is 2.21. The number of aliphatic carboxylic acids is 1. The van der Waals surface area contributed by atoms with Gasteiger partial charge in [0.15, 0.2) is 11.2 Å². The monoisotopic (exact) mass is 287 g/mol. The average molecular weight is 287 g/mol. The van der Waals surface area contributed by atoms with Crippen LogP contribution < -0.4 is 10.6 Å². The van der Waals surface area contributed by atoms with Gasteiger partial charge in [-0.3, -0.25) is 5.32 Å². The molecule has 0 radical (unpaired) electrons. The smallest absolute Gasteiger partial charge is 0.328 e. The van der Waals surface area contributed by atoms with Gasteiger partial charge in [0, 0.05) is 10.8 Å². The third-order valence-corrected chi connectivity index (χ3v) is 3.04. The van der Waals surface area contributed by atoms with Crippen LogP contribution in [0.4, 0.5) is 9.93 Å². The summed E-state index contributed by atoms with van der Waals surface area (Å²) in [7, 11) is 0. The molecule has 0 aliphatic carbocycles. The normalized spacial score (nSPS) is 12.8. The maximum Gasteiger partial charge on any atom is 0.328 e. The van der Waals surface area contributed by atoms with Crippen molar-refractivity contribution in [1.29, 1.82) is 0 Å². The van der Waals surface area contributed by atoms with Gasteiger partial charge >= 0.3 is 12.0 Å². The summed E-state index contributed by atoms with van der Waals surface area (Å²) in [5.41, 5.74) is 0.714. The molecule has 106 valence electrons. The Morgan fingerprint density at radius 3 is 2.53 bits per heavy atom. The van der Waals surface area contributed by atoms with Gasteiger partial charge < -0.3 is 15.5 Å². The van der Waals surface area contributed by atoms with E-state index in [-0.39, 0.29) is 5.41 Å². The number of hydrogen-bond acceptors (Lipinski definition) is 5. The fraction of sp³-hybridized carbons (Fsp3) is 0.545. The highest BCUT2D eigenvalue weighted by Crippen LogP contribution is 2.26. The van der Waals surface area contributed by atoms with Crippen LogP contribution in [0, 0.1) is 0 Å².